The lowest BCUT2D eigenvalue weighted by atomic mass is 10.1. The molecule has 2 aromatic rings. The zero-order chi connectivity index (χ0) is 17.6. The summed E-state index contributed by atoms with van der Waals surface area (Å²) in [4.78, 5) is 16.9. The van der Waals surface area contributed by atoms with Crippen LogP contribution in [0.1, 0.15) is 30.4 Å². The summed E-state index contributed by atoms with van der Waals surface area (Å²) in [5, 5.41) is 4.32. The van der Waals surface area contributed by atoms with Crippen LogP contribution in [-0.4, -0.2) is 42.5 Å². The Hall–Kier alpha value is -1.85. The number of hydrogen-bond acceptors (Lipinski definition) is 4. The molecule has 0 spiro atoms. The molecule has 1 saturated heterocycles. The summed E-state index contributed by atoms with van der Waals surface area (Å²) in [6.07, 6.45) is 2.59. The van der Waals surface area contributed by atoms with Crippen LogP contribution in [0, 0.1) is 0 Å². The Bertz CT molecular complexity index is 687. The fraction of sp³-hybridized carbons (Fsp3) is 0.450. The predicted octanol–water partition coefficient (Wildman–Crippen LogP) is 3.77. The molecule has 0 bridgehead atoms. The van der Waals surface area contributed by atoms with E-state index in [0.717, 1.165) is 37.2 Å². The van der Waals surface area contributed by atoms with Gasteiger partial charge in [0.2, 0.25) is 5.91 Å². The second-order valence-corrected chi connectivity index (χ2v) is 7.47. The van der Waals surface area contributed by atoms with Gasteiger partial charge in [-0.2, -0.15) is 11.3 Å². The normalized spacial score (nSPS) is 18.4. The molecule has 4 nitrogen and oxygen atoms in total. The molecule has 0 radical (unpaired) electrons. The van der Waals surface area contributed by atoms with E-state index in [1.807, 2.05) is 23.1 Å². The van der Waals surface area contributed by atoms with Gasteiger partial charge in [-0.25, -0.2) is 0 Å². The minimum absolute atomic E-state index is 0.259. The summed E-state index contributed by atoms with van der Waals surface area (Å²) in [6, 6.07) is 10.6. The van der Waals surface area contributed by atoms with Gasteiger partial charge in [0.15, 0.2) is 0 Å². The molecule has 0 N–H and O–H groups in total. The maximum absolute atomic E-state index is 12.5. The third-order valence-corrected chi connectivity index (χ3v) is 5.65. The highest BCUT2D eigenvalue weighted by atomic mass is 32.1. The van der Waals surface area contributed by atoms with Crippen LogP contribution >= 0.6 is 11.3 Å². The third kappa shape index (κ3) is 4.83. The van der Waals surface area contributed by atoms with Gasteiger partial charge in [-0.15, -0.1) is 0 Å². The van der Waals surface area contributed by atoms with Gasteiger partial charge in [0.05, 0.1) is 7.11 Å². The highest BCUT2D eigenvalue weighted by Crippen LogP contribution is 2.22. The van der Waals surface area contributed by atoms with Crippen molar-refractivity contribution < 1.29 is 9.53 Å². The molecule has 1 aromatic carbocycles. The molecule has 1 atom stereocenters. The van der Waals surface area contributed by atoms with Crippen LogP contribution in [-0.2, 0) is 17.9 Å². The number of likely N-dealkylation sites (tertiary alicyclic amines) is 1. The van der Waals surface area contributed by atoms with Crippen molar-refractivity contribution in [3.63, 3.8) is 0 Å². The van der Waals surface area contributed by atoms with Crippen LogP contribution in [0.3, 0.4) is 0 Å². The molecule has 1 aliphatic heterocycles. The number of amides is 1. The van der Waals surface area contributed by atoms with Crippen molar-refractivity contribution in [2.24, 2.45) is 0 Å². The lowest BCUT2D eigenvalue weighted by Crippen LogP contribution is -2.33. The van der Waals surface area contributed by atoms with Gasteiger partial charge < -0.3 is 9.64 Å². The molecular formula is C20H26N2O2S. The summed E-state index contributed by atoms with van der Waals surface area (Å²) in [6.45, 7) is 2.43. The third-order valence-electron chi connectivity index (χ3n) is 4.92. The standard InChI is InChI=1S/C20H26N2O2S/c1-21(13-17-9-11-25-15-17)18-6-7-20(23)22(10-8-18)14-16-4-3-5-19(12-16)24-2/h3-5,9,11-12,15,18H,6-8,10,13-14H2,1-2H3. The number of methoxy groups -OCH3 is 1. The van der Waals surface area contributed by atoms with Crippen molar-refractivity contribution in [1.29, 1.82) is 0 Å². The molecule has 1 unspecified atom stereocenters. The Balaban J connectivity index is 1.59. The highest BCUT2D eigenvalue weighted by Gasteiger charge is 2.25. The largest absolute Gasteiger partial charge is 0.497 e. The van der Waals surface area contributed by atoms with E-state index in [4.69, 9.17) is 4.74 Å². The average molecular weight is 359 g/mol. The maximum atomic E-state index is 12.5. The van der Waals surface area contributed by atoms with E-state index in [0.29, 0.717) is 19.0 Å². The molecule has 1 amide bonds. The van der Waals surface area contributed by atoms with Crippen LogP contribution in [0.5, 0.6) is 5.75 Å². The number of hydrogen-bond donors (Lipinski definition) is 0. The summed E-state index contributed by atoms with van der Waals surface area (Å²) in [7, 11) is 3.84. The minimum atomic E-state index is 0.259. The van der Waals surface area contributed by atoms with Gasteiger partial charge in [-0.3, -0.25) is 9.69 Å². The zero-order valence-corrected chi connectivity index (χ0v) is 15.8. The molecule has 25 heavy (non-hydrogen) atoms. The predicted molar refractivity (Wildman–Crippen MR) is 102 cm³/mol. The Kier molecular flexibility index (Phi) is 6.10. The second kappa shape index (κ2) is 8.50. The SMILES string of the molecule is COc1cccc(CN2CCC(N(C)Cc3ccsc3)CCC2=O)c1. The van der Waals surface area contributed by atoms with Gasteiger partial charge in [-0.1, -0.05) is 12.1 Å². The number of ether oxygens (including phenoxy) is 1. The van der Waals surface area contributed by atoms with Gasteiger partial charge in [0, 0.05) is 32.1 Å². The van der Waals surface area contributed by atoms with E-state index >= 15 is 0 Å². The summed E-state index contributed by atoms with van der Waals surface area (Å²) in [5.74, 6) is 1.10. The van der Waals surface area contributed by atoms with Crippen molar-refractivity contribution in [3.8, 4) is 5.75 Å². The Morgan fingerprint density at radius 1 is 1.28 bits per heavy atom. The monoisotopic (exact) mass is 358 g/mol. The van der Waals surface area contributed by atoms with Gasteiger partial charge in [0.1, 0.15) is 5.75 Å². The molecule has 0 saturated carbocycles. The summed E-state index contributed by atoms with van der Waals surface area (Å²) < 4.78 is 5.28. The molecule has 1 fully saturated rings. The first-order chi connectivity index (χ1) is 12.2. The first kappa shape index (κ1) is 18.0. The Morgan fingerprint density at radius 2 is 2.16 bits per heavy atom. The van der Waals surface area contributed by atoms with Crippen molar-refractivity contribution in [2.45, 2.75) is 38.4 Å². The number of nitrogens with zero attached hydrogens (tertiary/aromatic N) is 2. The molecule has 134 valence electrons. The van der Waals surface area contributed by atoms with Crippen molar-refractivity contribution in [1.82, 2.24) is 9.80 Å². The molecule has 0 aliphatic carbocycles. The minimum Gasteiger partial charge on any atom is -0.497 e. The zero-order valence-electron chi connectivity index (χ0n) is 15.0. The Morgan fingerprint density at radius 3 is 2.92 bits per heavy atom. The van der Waals surface area contributed by atoms with Gasteiger partial charge in [-0.05, 0) is 60.0 Å². The van der Waals surface area contributed by atoms with E-state index in [1.165, 1.54) is 5.56 Å². The lowest BCUT2D eigenvalue weighted by molar-refractivity contribution is -0.131. The van der Waals surface area contributed by atoms with Crippen LogP contribution in [0.4, 0.5) is 0 Å². The number of thiophene rings is 1. The fourth-order valence-electron chi connectivity index (χ4n) is 3.42. The maximum Gasteiger partial charge on any atom is 0.222 e. The van der Waals surface area contributed by atoms with Crippen molar-refractivity contribution >= 4 is 17.2 Å². The molecule has 3 rings (SSSR count). The lowest BCUT2D eigenvalue weighted by Gasteiger charge is -2.27. The average Bonchev–Trinajstić information content (AvgIpc) is 3.06. The first-order valence-electron chi connectivity index (χ1n) is 8.77. The van der Waals surface area contributed by atoms with Crippen molar-refractivity contribution in [2.75, 3.05) is 20.7 Å². The molecule has 1 aromatic heterocycles. The number of carbonyl (C=O) groups is 1. The molecule has 1 aliphatic rings. The first-order valence-corrected chi connectivity index (χ1v) is 9.72. The Labute approximate surface area is 154 Å². The van der Waals surface area contributed by atoms with E-state index in [1.54, 1.807) is 18.4 Å². The topological polar surface area (TPSA) is 32.8 Å². The van der Waals surface area contributed by atoms with E-state index in [9.17, 15) is 4.79 Å². The number of rotatable bonds is 6. The van der Waals surface area contributed by atoms with Crippen LogP contribution in [0.2, 0.25) is 0 Å². The molecule has 5 heteroatoms. The second-order valence-electron chi connectivity index (χ2n) is 6.69. The quantitative estimate of drug-likeness (QED) is 0.788. The number of benzene rings is 1. The fourth-order valence-corrected chi connectivity index (χ4v) is 4.08. The van der Waals surface area contributed by atoms with Crippen molar-refractivity contribution in [3.05, 3.63) is 52.2 Å². The number of carbonyl (C=O) groups excluding carboxylic acids is 1. The van der Waals surface area contributed by atoms with E-state index < -0.39 is 0 Å². The van der Waals surface area contributed by atoms with E-state index in [2.05, 4.69) is 34.8 Å². The summed E-state index contributed by atoms with van der Waals surface area (Å²) >= 11 is 1.74. The van der Waals surface area contributed by atoms with E-state index in [-0.39, 0.29) is 5.91 Å². The summed E-state index contributed by atoms with van der Waals surface area (Å²) in [5.41, 5.74) is 2.48. The smallest absolute Gasteiger partial charge is 0.222 e. The highest BCUT2D eigenvalue weighted by molar-refractivity contribution is 7.07. The van der Waals surface area contributed by atoms with Crippen LogP contribution in [0.15, 0.2) is 41.1 Å². The van der Waals surface area contributed by atoms with Gasteiger partial charge in [0.25, 0.3) is 0 Å². The van der Waals surface area contributed by atoms with Crippen LogP contribution < -0.4 is 4.74 Å². The molecular weight excluding hydrogens is 332 g/mol. The molecule has 2 heterocycles. The van der Waals surface area contributed by atoms with Crippen LogP contribution in [0.25, 0.3) is 0 Å². The van der Waals surface area contributed by atoms with Gasteiger partial charge >= 0.3 is 0 Å².